The molecule has 6 heteroatoms. The monoisotopic (exact) mass is 680 g/mol. The minimum Gasteiger partial charge on any atom is -0.318 e. The Hall–Kier alpha value is -5.62. The zero-order valence-electron chi connectivity index (χ0n) is 30.3. The zero-order valence-corrected chi connectivity index (χ0v) is 30.3. The van der Waals surface area contributed by atoms with E-state index >= 15 is 0 Å². The van der Waals surface area contributed by atoms with Gasteiger partial charge in [-0.1, -0.05) is 113 Å². The second-order valence-electron chi connectivity index (χ2n) is 15.3. The predicted molar refractivity (Wildman–Crippen MR) is 213 cm³/mol. The molecule has 5 unspecified atom stereocenters. The summed E-state index contributed by atoms with van der Waals surface area (Å²) in [6, 6.07) is 49.3. The van der Waals surface area contributed by atoms with E-state index in [9.17, 15) is 0 Å². The molecule has 0 N–H and O–H groups in total. The van der Waals surface area contributed by atoms with E-state index < -0.39 is 0 Å². The number of hydrogen-bond acceptors (Lipinski definition) is 6. The van der Waals surface area contributed by atoms with Gasteiger partial charge >= 0.3 is 0 Å². The molecule has 0 aliphatic carbocycles. The van der Waals surface area contributed by atoms with Crippen LogP contribution in [0.2, 0.25) is 0 Å². The lowest BCUT2D eigenvalue weighted by molar-refractivity contribution is -0.0752. The lowest BCUT2D eigenvalue weighted by Gasteiger charge is -2.69. The average molecular weight is 681 g/mol. The summed E-state index contributed by atoms with van der Waals surface area (Å²) in [5.74, 6) is 1.84. The molecule has 0 amide bonds. The van der Waals surface area contributed by atoms with Crippen molar-refractivity contribution in [3.63, 3.8) is 0 Å². The van der Waals surface area contributed by atoms with Crippen molar-refractivity contribution in [3.05, 3.63) is 157 Å². The van der Waals surface area contributed by atoms with E-state index in [1.807, 2.05) is 12.4 Å². The standard InChI is InChI=1S/C46H44N6/c1-5-44(3)35-24-14-16-26-37(35)52-41-40(47-29-30-48-41)50(34-22-11-8-12-23-34)43(52)46(44,6-2)45(4)31-32-19-13-15-25-36(32)51-39-28-18-17-27-38(39)49(42(45)51)33-20-9-7-10-21-33/h7-30,42-43H,5-6,31H2,1-4H3. The quantitative estimate of drug-likeness (QED) is 0.180. The first-order valence-electron chi connectivity index (χ1n) is 18.8. The van der Waals surface area contributed by atoms with Crippen LogP contribution in [0, 0.1) is 10.8 Å². The maximum atomic E-state index is 5.16. The maximum Gasteiger partial charge on any atom is 0.178 e. The molecule has 6 nitrogen and oxygen atoms in total. The second kappa shape index (κ2) is 11.2. The first-order chi connectivity index (χ1) is 25.5. The second-order valence-corrected chi connectivity index (χ2v) is 15.3. The number of para-hydroxylation sites is 6. The first kappa shape index (κ1) is 31.1. The van der Waals surface area contributed by atoms with Crippen molar-refractivity contribution in [2.45, 2.75) is 64.7 Å². The van der Waals surface area contributed by atoms with E-state index in [0.717, 1.165) is 36.6 Å². The van der Waals surface area contributed by atoms with Crippen LogP contribution in [-0.4, -0.2) is 22.3 Å². The van der Waals surface area contributed by atoms with Gasteiger partial charge in [0.1, 0.15) is 12.3 Å². The van der Waals surface area contributed by atoms with E-state index in [-0.39, 0.29) is 28.6 Å². The van der Waals surface area contributed by atoms with Gasteiger partial charge in [0.15, 0.2) is 11.6 Å². The molecule has 4 aliphatic heterocycles. The number of benzene rings is 5. The normalized spacial score (nSPS) is 26.6. The van der Waals surface area contributed by atoms with Gasteiger partial charge in [0.05, 0.1) is 11.4 Å². The van der Waals surface area contributed by atoms with Crippen molar-refractivity contribution in [2.75, 3.05) is 19.6 Å². The smallest absolute Gasteiger partial charge is 0.178 e. The Labute approximate surface area is 307 Å². The van der Waals surface area contributed by atoms with E-state index in [0.29, 0.717) is 0 Å². The number of anilines is 8. The molecule has 0 radical (unpaired) electrons. The molecular weight excluding hydrogens is 637 g/mol. The predicted octanol–water partition coefficient (Wildman–Crippen LogP) is 11.0. The summed E-state index contributed by atoms with van der Waals surface area (Å²) in [6.45, 7) is 10.1. The van der Waals surface area contributed by atoms with Crippen LogP contribution in [0.4, 0.5) is 45.8 Å². The fourth-order valence-corrected chi connectivity index (χ4v) is 11.4. The van der Waals surface area contributed by atoms with Gasteiger partial charge in [0.2, 0.25) is 0 Å². The van der Waals surface area contributed by atoms with Crippen LogP contribution in [0.1, 0.15) is 51.7 Å². The first-order valence-corrected chi connectivity index (χ1v) is 18.8. The van der Waals surface area contributed by atoms with Crippen LogP contribution in [0.15, 0.2) is 146 Å². The van der Waals surface area contributed by atoms with E-state index in [1.165, 1.54) is 39.6 Å². The largest absolute Gasteiger partial charge is 0.318 e. The highest BCUT2D eigenvalue weighted by Crippen LogP contribution is 2.73. The summed E-state index contributed by atoms with van der Waals surface area (Å²) in [5, 5.41) is 0. The summed E-state index contributed by atoms with van der Waals surface area (Å²) >= 11 is 0. The Morgan fingerprint density at radius 1 is 0.519 bits per heavy atom. The zero-order chi connectivity index (χ0) is 35.2. The third kappa shape index (κ3) is 3.74. The molecule has 0 fully saturated rings. The molecule has 4 aliphatic rings. The van der Waals surface area contributed by atoms with Gasteiger partial charge in [0, 0.05) is 51.4 Å². The lowest BCUT2D eigenvalue weighted by atomic mass is 9.42. The third-order valence-electron chi connectivity index (χ3n) is 13.4. The molecule has 5 aromatic carbocycles. The highest BCUT2D eigenvalue weighted by Gasteiger charge is 2.73. The third-order valence-corrected chi connectivity index (χ3v) is 13.4. The van der Waals surface area contributed by atoms with Crippen molar-refractivity contribution in [3.8, 4) is 0 Å². The lowest BCUT2D eigenvalue weighted by Crippen LogP contribution is -2.74. The van der Waals surface area contributed by atoms with E-state index in [4.69, 9.17) is 9.97 Å². The summed E-state index contributed by atoms with van der Waals surface area (Å²) in [5.41, 5.74) is 9.19. The van der Waals surface area contributed by atoms with Crippen LogP contribution < -0.4 is 19.6 Å². The molecule has 5 atom stereocenters. The maximum absolute atomic E-state index is 5.16. The number of nitrogens with zero attached hydrogens (tertiary/aromatic N) is 6. The molecule has 258 valence electrons. The number of aromatic nitrogens is 2. The Balaban J connectivity index is 1.34. The summed E-state index contributed by atoms with van der Waals surface area (Å²) in [6.07, 6.45) is 6.40. The Bertz CT molecular complexity index is 2310. The minimum atomic E-state index is -0.368. The number of rotatable bonds is 5. The van der Waals surface area contributed by atoms with Crippen LogP contribution in [0.5, 0.6) is 0 Å². The van der Waals surface area contributed by atoms with Crippen molar-refractivity contribution in [1.82, 2.24) is 9.97 Å². The van der Waals surface area contributed by atoms with Crippen LogP contribution in [0.25, 0.3) is 0 Å². The van der Waals surface area contributed by atoms with Gasteiger partial charge in [-0.2, -0.15) is 0 Å². The SMILES string of the molecule is CCC1(C)c2ccccc2N2c3nccnc3N(c3ccccc3)C2C1(CC)C1(C)Cc2ccccc2N2c3ccccc3N(c3ccccc3)C21. The van der Waals surface area contributed by atoms with Crippen molar-refractivity contribution < 1.29 is 0 Å². The van der Waals surface area contributed by atoms with Gasteiger partial charge in [-0.25, -0.2) is 9.97 Å². The van der Waals surface area contributed by atoms with Crippen LogP contribution in [0.3, 0.4) is 0 Å². The van der Waals surface area contributed by atoms with Gasteiger partial charge in [-0.3, -0.25) is 0 Å². The molecule has 5 heterocycles. The van der Waals surface area contributed by atoms with Gasteiger partial charge in [0.25, 0.3) is 0 Å². The number of fused-ring (bicyclic) bond motifs is 10. The summed E-state index contributed by atoms with van der Waals surface area (Å²) < 4.78 is 0. The molecular formula is C46H44N6. The Kier molecular flexibility index (Phi) is 6.70. The van der Waals surface area contributed by atoms with Crippen molar-refractivity contribution in [1.29, 1.82) is 0 Å². The van der Waals surface area contributed by atoms with Crippen molar-refractivity contribution >= 4 is 45.8 Å². The molecule has 0 saturated heterocycles. The molecule has 1 aromatic heterocycles. The molecule has 10 rings (SSSR count). The highest BCUT2D eigenvalue weighted by molar-refractivity contribution is 5.92. The van der Waals surface area contributed by atoms with Crippen LogP contribution in [-0.2, 0) is 11.8 Å². The summed E-state index contributed by atoms with van der Waals surface area (Å²) in [7, 11) is 0. The summed E-state index contributed by atoms with van der Waals surface area (Å²) in [4.78, 5) is 20.8. The van der Waals surface area contributed by atoms with Gasteiger partial charge in [-0.05, 0) is 78.9 Å². The Morgan fingerprint density at radius 2 is 1.04 bits per heavy atom. The molecule has 6 aromatic rings. The van der Waals surface area contributed by atoms with Gasteiger partial charge in [-0.15, -0.1) is 0 Å². The Morgan fingerprint density at radius 3 is 1.67 bits per heavy atom. The fraction of sp³-hybridized carbons (Fsp3) is 0.261. The number of hydrogen-bond donors (Lipinski definition) is 0. The van der Waals surface area contributed by atoms with E-state index in [2.05, 4.69) is 181 Å². The molecule has 0 spiro atoms. The average Bonchev–Trinajstić information content (AvgIpc) is 3.74. The highest BCUT2D eigenvalue weighted by atomic mass is 15.5. The molecule has 0 bridgehead atoms. The van der Waals surface area contributed by atoms with Gasteiger partial charge < -0.3 is 19.6 Å². The topological polar surface area (TPSA) is 38.7 Å². The minimum absolute atomic E-state index is 0.0256. The fourth-order valence-electron chi connectivity index (χ4n) is 11.4. The molecule has 0 saturated carbocycles. The van der Waals surface area contributed by atoms with Crippen LogP contribution >= 0.6 is 0 Å². The van der Waals surface area contributed by atoms with Crippen molar-refractivity contribution in [2.24, 2.45) is 10.8 Å². The van der Waals surface area contributed by atoms with E-state index in [1.54, 1.807) is 0 Å². The molecule has 52 heavy (non-hydrogen) atoms.